The van der Waals surface area contributed by atoms with Crippen LogP contribution in [-0.2, 0) is 25.7 Å². The van der Waals surface area contributed by atoms with E-state index in [0.717, 1.165) is 25.7 Å². The second-order valence-electron chi connectivity index (χ2n) is 8.86. The zero-order valence-corrected chi connectivity index (χ0v) is 23.0. The number of carboxylic acids is 3. The number of fused-ring (bicyclic) bond motifs is 1. The van der Waals surface area contributed by atoms with E-state index >= 15 is 0 Å². The summed E-state index contributed by atoms with van der Waals surface area (Å²) in [6.07, 6.45) is 2.68. The predicted molar refractivity (Wildman–Crippen MR) is 154 cm³/mol. The van der Waals surface area contributed by atoms with Crippen LogP contribution in [0.15, 0.2) is 71.4 Å². The van der Waals surface area contributed by atoms with E-state index in [1.807, 2.05) is 0 Å². The molecular weight excluding hydrogens is 588 g/mol. The molecule has 0 spiro atoms. The molecule has 214 valence electrons. The number of benzene rings is 2. The fourth-order valence-corrected chi connectivity index (χ4v) is 5.87. The van der Waals surface area contributed by atoms with Crippen LogP contribution in [0.2, 0.25) is 0 Å². The summed E-state index contributed by atoms with van der Waals surface area (Å²) in [5.74, 6) is -4.04. The molecule has 1 saturated heterocycles. The molecule has 0 radical (unpaired) electrons. The molecule has 1 fully saturated rings. The fourth-order valence-electron chi connectivity index (χ4n) is 4.43. The lowest BCUT2D eigenvalue weighted by Crippen LogP contribution is -2.38. The summed E-state index contributed by atoms with van der Waals surface area (Å²) in [5, 5.41) is 28.4. The number of thiocarbonyl (C=S) groups is 1. The summed E-state index contributed by atoms with van der Waals surface area (Å²) in [6, 6.07) is 15.0. The molecule has 0 unspecified atom stereocenters. The molecule has 0 saturated carbocycles. The van der Waals surface area contributed by atoms with Gasteiger partial charge < -0.3 is 20.1 Å². The van der Waals surface area contributed by atoms with Gasteiger partial charge in [-0.1, -0.05) is 30.3 Å². The van der Waals surface area contributed by atoms with E-state index in [1.54, 1.807) is 54.6 Å². The summed E-state index contributed by atoms with van der Waals surface area (Å²) in [6.45, 7) is -1.97. The lowest BCUT2D eigenvalue weighted by atomic mass is 10.3. The quantitative estimate of drug-likeness (QED) is 0.302. The van der Waals surface area contributed by atoms with E-state index in [-0.39, 0.29) is 25.9 Å². The van der Waals surface area contributed by atoms with Crippen LogP contribution in [0.3, 0.4) is 0 Å². The minimum absolute atomic E-state index is 0.0202. The van der Waals surface area contributed by atoms with Crippen molar-refractivity contribution >= 4 is 75.6 Å². The molecule has 0 atom stereocenters. The first-order valence-corrected chi connectivity index (χ1v) is 13.4. The Labute approximate surface area is 245 Å². The zero-order valence-electron chi connectivity index (χ0n) is 21.4. The van der Waals surface area contributed by atoms with Gasteiger partial charge in [0.1, 0.15) is 30.0 Å². The molecule has 2 aliphatic rings. The smallest absolute Gasteiger partial charge is 0.323 e. The summed E-state index contributed by atoms with van der Waals surface area (Å²) in [5.41, 5.74) is -0.177. The SMILES string of the molecule is O=C(O)CN1C(=S)N(c2ccccc2)C(=O)C1=c1sc(=CC=C2Oc3ccccc3N2CC(=O)O)c(=O)n1CC(=O)O. The fraction of sp³-hybridized carbons (Fsp3) is 0.111. The van der Waals surface area contributed by atoms with Gasteiger partial charge in [0.25, 0.3) is 11.5 Å². The number of aliphatic carboxylic acids is 3. The first-order valence-electron chi connectivity index (χ1n) is 12.1. The van der Waals surface area contributed by atoms with Crippen molar-refractivity contribution in [3.63, 3.8) is 0 Å². The Morgan fingerprint density at radius 1 is 0.833 bits per heavy atom. The molecule has 0 bridgehead atoms. The number of allylic oxidation sites excluding steroid dienone is 1. The first-order chi connectivity index (χ1) is 20.1. The molecule has 5 rings (SSSR count). The summed E-state index contributed by atoms with van der Waals surface area (Å²) in [7, 11) is 0. The molecular formula is C27H20N4O9S2. The van der Waals surface area contributed by atoms with Gasteiger partial charge in [0.2, 0.25) is 5.88 Å². The van der Waals surface area contributed by atoms with Crippen LogP contribution >= 0.6 is 23.6 Å². The Morgan fingerprint density at radius 3 is 2.12 bits per heavy atom. The van der Waals surface area contributed by atoms with Crippen LogP contribution in [0.5, 0.6) is 5.75 Å². The Hall–Kier alpha value is -5.28. The van der Waals surface area contributed by atoms with Crippen LogP contribution in [0, 0.1) is 0 Å². The number of rotatable bonds is 8. The number of thiazole rings is 1. The van der Waals surface area contributed by atoms with Gasteiger partial charge in [-0.2, -0.15) is 0 Å². The summed E-state index contributed by atoms with van der Waals surface area (Å²) in [4.78, 5) is 65.6. The van der Waals surface area contributed by atoms with Crippen molar-refractivity contribution in [2.75, 3.05) is 22.9 Å². The number of nitrogens with zero attached hydrogens (tertiary/aromatic N) is 4. The van der Waals surface area contributed by atoms with Crippen molar-refractivity contribution in [3.05, 3.63) is 86.1 Å². The molecule has 3 heterocycles. The van der Waals surface area contributed by atoms with Gasteiger partial charge >= 0.3 is 17.9 Å². The van der Waals surface area contributed by atoms with Crippen molar-refractivity contribution in [2.24, 2.45) is 0 Å². The lowest BCUT2D eigenvalue weighted by Gasteiger charge is -2.18. The minimum Gasteiger partial charge on any atom is -0.480 e. The van der Waals surface area contributed by atoms with Gasteiger partial charge in [-0.25, -0.2) is 0 Å². The van der Waals surface area contributed by atoms with Crippen molar-refractivity contribution in [3.8, 4) is 5.75 Å². The number of ether oxygens (including phenoxy) is 1. The Kier molecular flexibility index (Phi) is 7.60. The number of carbonyl (C=O) groups is 4. The van der Waals surface area contributed by atoms with Crippen molar-refractivity contribution in [1.29, 1.82) is 0 Å². The molecule has 13 nitrogen and oxygen atoms in total. The third-order valence-electron chi connectivity index (χ3n) is 6.12. The van der Waals surface area contributed by atoms with Gasteiger partial charge in [-0.3, -0.25) is 43.2 Å². The van der Waals surface area contributed by atoms with Crippen LogP contribution in [-0.4, -0.2) is 66.8 Å². The first kappa shape index (κ1) is 28.3. The monoisotopic (exact) mass is 608 g/mol. The number of aromatic nitrogens is 1. The van der Waals surface area contributed by atoms with Gasteiger partial charge in [-0.15, -0.1) is 11.3 Å². The average molecular weight is 609 g/mol. The number of para-hydroxylation sites is 3. The molecule has 42 heavy (non-hydrogen) atoms. The second kappa shape index (κ2) is 11.3. The zero-order chi connectivity index (χ0) is 30.1. The minimum atomic E-state index is -1.37. The van der Waals surface area contributed by atoms with Gasteiger partial charge in [0.05, 0.1) is 15.9 Å². The van der Waals surface area contributed by atoms with E-state index in [0.29, 0.717) is 17.1 Å². The molecule has 3 aromatic rings. The van der Waals surface area contributed by atoms with E-state index in [4.69, 9.17) is 17.0 Å². The molecule has 2 aromatic carbocycles. The second-order valence-corrected chi connectivity index (χ2v) is 10.3. The van der Waals surface area contributed by atoms with Crippen LogP contribution < -0.4 is 29.3 Å². The maximum atomic E-state index is 13.7. The Balaban J connectivity index is 1.70. The third-order valence-corrected chi connectivity index (χ3v) is 7.66. The average Bonchev–Trinajstić information content (AvgIpc) is 3.51. The van der Waals surface area contributed by atoms with Crippen molar-refractivity contribution in [1.82, 2.24) is 9.47 Å². The van der Waals surface area contributed by atoms with Gasteiger partial charge in [0, 0.05) is 6.08 Å². The van der Waals surface area contributed by atoms with Gasteiger partial charge in [-0.05, 0) is 42.6 Å². The largest absolute Gasteiger partial charge is 0.480 e. The van der Waals surface area contributed by atoms with E-state index < -0.39 is 49.0 Å². The van der Waals surface area contributed by atoms with Crippen molar-refractivity contribution < 1.29 is 39.2 Å². The lowest BCUT2D eigenvalue weighted by molar-refractivity contribution is -0.138. The number of amides is 1. The molecule has 3 N–H and O–H groups in total. The number of hydrogen-bond acceptors (Lipinski definition) is 9. The summed E-state index contributed by atoms with van der Waals surface area (Å²) >= 11 is 6.21. The highest BCUT2D eigenvalue weighted by atomic mass is 32.1. The van der Waals surface area contributed by atoms with Crippen LogP contribution in [0.4, 0.5) is 11.4 Å². The Bertz CT molecular complexity index is 1860. The number of carbonyl (C=O) groups excluding carboxylic acids is 1. The highest BCUT2D eigenvalue weighted by Crippen LogP contribution is 2.38. The van der Waals surface area contributed by atoms with Gasteiger partial charge in [0.15, 0.2) is 10.9 Å². The number of carboxylic acid groups (broad SMARTS) is 3. The van der Waals surface area contributed by atoms with E-state index in [2.05, 4.69) is 0 Å². The molecule has 15 heteroatoms. The normalized spacial score (nSPS) is 17.2. The summed E-state index contributed by atoms with van der Waals surface area (Å²) < 4.78 is 6.50. The molecule has 2 aliphatic heterocycles. The number of hydrogen-bond donors (Lipinski definition) is 3. The van der Waals surface area contributed by atoms with Crippen LogP contribution in [0.1, 0.15) is 0 Å². The molecule has 1 aromatic heterocycles. The Morgan fingerprint density at radius 2 is 1.45 bits per heavy atom. The van der Waals surface area contributed by atoms with Crippen LogP contribution in [0.25, 0.3) is 11.8 Å². The van der Waals surface area contributed by atoms with Crippen molar-refractivity contribution in [2.45, 2.75) is 6.54 Å². The molecule has 0 aliphatic carbocycles. The maximum Gasteiger partial charge on any atom is 0.323 e. The topological polar surface area (TPSA) is 170 Å². The highest BCUT2D eigenvalue weighted by molar-refractivity contribution is 7.80. The third kappa shape index (κ3) is 5.25. The highest BCUT2D eigenvalue weighted by Gasteiger charge is 2.41. The van der Waals surface area contributed by atoms with E-state index in [1.165, 1.54) is 17.1 Å². The standard InChI is InChI=1S/C27H20N4O9S2/c32-20(33)12-28-16-8-4-5-9-17(16)40-19(28)11-10-18-24(38)30(14-22(36)37)26(42-18)23-25(39)31(15-6-2-1-3-7-15)27(41)29(23)13-21(34)35/h1-11H,12-14H2,(H,32,33)(H,34,35)(H,36,37). The van der Waals surface area contributed by atoms with E-state index in [9.17, 15) is 39.3 Å². The predicted octanol–water partition coefficient (Wildman–Crippen LogP) is 0.426. The number of anilines is 2. The maximum absolute atomic E-state index is 13.7. The molecule has 1 amide bonds.